The van der Waals surface area contributed by atoms with Crippen LogP contribution in [-0.2, 0) is 12.3 Å². The van der Waals surface area contributed by atoms with E-state index < -0.39 is 0 Å². The first-order chi connectivity index (χ1) is 5.88. The highest BCUT2D eigenvalue weighted by molar-refractivity contribution is 6.17. The minimum Gasteiger partial charge on any atom is -0.122 e. The molecule has 0 bridgehead atoms. The maximum Gasteiger partial charge on any atom is 0.0476 e. The molecule has 0 fully saturated rings. The standard InChI is InChI=1S/C11H13Cl/c1-2-3-6-10-7-4-5-8-11(10)9-12/h2,4-5,7-8H,1,3,6,9H2. The van der Waals surface area contributed by atoms with Crippen molar-refractivity contribution in [3.05, 3.63) is 48.0 Å². The van der Waals surface area contributed by atoms with Gasteiger partial charge in [-0.1, -0.05) is 30.3 Å². The van der Waals surface area contributed by atoms with Crippen molar-refractivity contribution in [3.63, 3.8) is 0 Å². The largest absolute Gasteiger partial charge is 0.122 e. The molecule has 1 heteroatoms. The predicted octanol–water partition coefficient (Wildman–Crippen LogP) is 3.54. The smallest absolute Gasteiger partial charge is 0.0476 e. The Morgan fingerprint density at radius 1 is 1.25 bits per heavy atom. The summed E-state index contributed by atoms with van der Waals surface area (Å²) >= 11 is 5.79. The van der Waals surface area contributed by atoms with Gasteiger partial charge < -0.3 is 0 Å². The summed E-state index contributed by atoms with van der Waals surface area (Å²) in [5.74, 6) is 0.604. The molecule has 0 aromatic heterocycles. The third kappa shape index (κ3) is 2.38. The molecule has 0 spiro atoms. The number of rotatable bonds is 4. The first-order valence-electron chi connectivity index (χ1n) is 4.12. The van der Waals surface area contributed by atoms with Gasteiger partial charge >= 0.3 is 0 Å². The molecule has 0 aliphatic rings. The van der Waals surface area contributed by atoms with Crippen LogP contribution in [0.3, 0.4) is 0 Å². The second kappa shape index (κ2) is 5.00. The van der Waals surface area contributed by atoms with Gasteiger partial charge in [-0.05, 0) is 24.0 Å². The minimum atomic E-state index is 0.604. The molecule has 0 aliphatic carbocycles. The van der Waals surface area contributed by atoms with Crippen LogP contribution in [0.1, 0.15) is 17.5 Å². The van der Waals surface area contributed by atoms with Crippen LogP contribution in [0, 0.1) is 0 Å². The molecule has 64 valence electrons. The Morgan fingerprint density at radius 3 is 2.50 bits per heavy atom. The van der Waals surface area contributed by atoms with Gasteiger partial charge in [0.25, 0.3) is 0 Å². The summed E-state index contributed by atoms with van der Waals surface area (Å²) in [5, 5.41) is 0. The van der Waals surface area contributed by atoms with Gasteiger partial charge in [-0.25, -0.2) is 0 Å². The molecule has 1 aromatic carbocycles. The van der Waals surface area contributed by atoms with Gasteiger partial charge in [0.05, 0.1) is 0 Å². The number of allylic oxidation sites excluding steroid dienone is 1. The zero-order valence-corrected chi connectivity index (χ0v) is 7.85. The Bertz CT molecular complexity index is 253. The molecular weight excluding hydrogens is 168 g/mol. The predicted molar refractivity (Wildman–Crippen MR) is 54.5 cm³/mol. The van der Waals surface area contributed by atoms with Crippen LogP contribution in [-0.4, -0.2) is 0 Å². The fraction of sp³-hybridized carbons (Fsp3) is 0.273. The molecule has 0 amide bonds. The zero-order valence-electron chi connectivity index (χ0n) is 7.09. The number of benzene rings is 1. The Labute approximate surface area is 78.9 Å². The summed E-state index contributed by atoms with van der Waals surface area (Å²) in [4.78, 5) is 0. The first kappa shape index (κ1) is 9.34. The Balaban J connectivity index is 2.74. The molecule has 0 aliphatic heterocycles. The zero-order chi connectivity index (χ0) is 8.81. The molecule has 0 unspecified atom stereocenters. The van der Waals surface area contributed by atoms with E-state index in [1.165, 1.54) is 11.1 Å². The Kier molecular flexibility index (Phi) is 3.89. The fourth-order valence-electron chi connectivity index (χ4n) is 1.19. The first-order valence-corrected chi connectivity index (χ1v) is 4.65. The van der Waals surface area contributed by atoms with E-state index in [9.17, 15) is 0 Å². The van der Waals surface area contributed by atoms with Crippen molar-refractivity contribution >= 4 is 11.6 Å². The van der Waals surface area contributed by atoms with Crippen LogP contribution in [0.2, 0.25) is 0 Å². The molecule has 1 aromatic rings. The van der Waals surface area contributed by atoms with Gasteiger partial charge in [-0.2, -0.15) is 0 Å². The SMILES string of the molecule is C=CCCc1ccccc1CCl. The van der Waals surface area contributed by atoms with E-state index in [0.717, 1.165) is 12.8 Å². The van der Waals surface area contributed by atoms with Gasteiger partial charge in [-0.15, -0.1) is 18.2 Å². The summed E-state index contributed by atoms with van der Waals surface area (Å²) in [5.41, 5.74) is 2.58. The van der Waals surface area contributed by atoms with Crippen molar-refractivity contribution in [3.8, 4) is 0 Å². The van der Waals surface area contributed by atoms with Crippen molar-refractivity contribution in [2.24, 2.45) is 0 Å². The van der Waals surface area contributed by atoms with Crippen LogP contribution in [0.15, 0.2) is 36.9 Å². The lowest BCUT2D eigenvalue weighted by Crippen LogP contribution is -1.89. The van der Waals surface area contributed by atoms with E-state index >= 15 is 0 Å². The molecule has 0 nitrogen and oxygen atoms in total. The number of halogens is 1. The van der Waals surface area contributed by atoms with Crippen molar-refractivity contribution in [1.82, 2.24) is 0 Å². The van der Waals surface area contributed by atoms with Crippen LogP contribution in [0.4, 0.5) is 0 Å². The summed E-state index contributed by atoms with van der Waals surface area (Å²) < 4.78 is 0. The number of hydrogen-bond acceptors (Lipinski definition) is 0. The maximum atomic E-state index is 5.79. The quantitative estimate of drug-likeness (QED) is 0.491. The Morgan fingerprint density at radius 2 is 1.92 bits per heavy atom. The highest BCUT2D eigenvalue weighted by Gasteiger charge is 1.97. The van der Waals surface area contributed by atoms with Crippen molar-refractivity contribution in [2.45, 2.75) is 18.7 Å². The highest BCUT2D eigenvalue weighted by Crippen LogP contribution is 2.13. The van der Waals surface area contributed by atoms with E-state index in [1.807, 2.05) is 12.1 Å². The third-order valence-electron chi connectivity index (χ3n) is 1.88. The summed E-state index contributed by atoms with van der Waals surface area (Å²) in [7, 11) is 0. The van der Waals surface area contributed by atoms with Crippen molar-refractivity contribution in [1.29, 1.82) is 0 Å². The lowest BCUT2D eigenvalue weighted by molar-refractivity contribution is 0.986. The minimum absolute atomic E-state index is 0.604. The molecule has 0 radical (unpaired) electrons. The Hall–Kier alpha value is -0.750. The topological polar surface area (TPSA) is 0 Å². The van der Waals surface area contributed by atoms with Gasteiger partial charge in [-0.3, -0.25) is 0 Å². The lowest BCUT2D eigenvalue weighted by Gasteiger charge is -2.03. The molecular formula is C11H13Cl. The number of aryl methyl sites for hydroxylation is 1. The fourth-order valence-corrected chi connectivity index (χ4v) is 1.45. The molecule has 12 heavy (non-hydrogen) atoms. The summed E-state index contributed by atoms with van der Waals surface area (Å²) in [6.07, 6.45) is 4.01. The second-order valence-electron chi connectivity index (χ2n) is 2.73. The van der Waals surface area contributed by atoms with Crippen LogP contribution >= 0.6 is 11.6 Å². The van der Waals surface area contributed by atoms with Crippen molar-refractivity contribution in [2.75, 3.05) is 0 Å². The van der Waals surface area contributed by atoms with Gasteiger partial charge in [0.2, 0.25) is 0 Å². The normalized spacial score (nSPS) is 9.75. The third-order valence-corrected chi connectivity index (χ3v) is 2.17. The van der Waals surface area contributed by atoms with Gasteiger partial charge in [0.1, 0.15) is 0 Å². The number of hydrogen-bond donors (Lipinski definition) is 0. The molecule has 1 rings (SSSR count). The molecule has 0 heterocycles. The van der Waals surface area contributed by atoms with E-state index in [4.69, 9.17) is 11.6 Å². The van der Waals surface area contributed by atoms with Gasteiger partial charge in [0.15, 0.2) is 0 Å². The van der Waals surface area contributed by atoms with E-state index in [-0.39, 0.29) is 0 Å². The van der Waals surface area contributed by atoms with Crippen LogP contribution < -0.4 is 0 Å². The summed E-state index contributed by atoms with van der Waals surface area (Å²) in [6, 6.07) is 8.27. The molecule has 0 saturated carbocycles. The monoisotopic (exact) mass is 180 g/mol. The van der Waals surface area contributed by atoms with E-state index in [2.05, 4.69) is 24.8 Å². The van der Waals surface area contributed by atoms with Crippen molar-refractivity contribution < 1.29 is 0 Å². The second-order valence-corrected chi connectivity index (χ2v) is 3.00. The van der Waals surface area contributed by atoms with E-state index in [0.29, 0.717) is 5.88 Å². The maximum absolute atomic E-state index is 5.79. The van der Waals surface area contributed by atoms with Gasteiger partial charge in [0, 0.05) is 5.88 Å². The average Bonchev–Trinajstić information content (AvgIpc) is 2.15. The highest BCUT2D eigenvalue weighted by atomic mass is 35.5. The lowest BCUT2D eigenvalue weighted by atomic mass is 10.0. The molecule has 0 N–H and O–H groups in total. The molecule has 0 atom stereocenters. The number of alkyl halides is 1. The van der Waals surface area contributed by atoms with Crippen LogP contribution in [0.5, 0.6) is 0 Å². The molecule has 0 saturated heterocycles. The van der Waals surface area contributed by atoms with Crippen LogP contribution in [0.25, 0.3) is 0 Å². The van der Waals surface area contributed by atoms with E-state index in [1.54, 1.807) is 0 Å². The average molecular weight is 181 g/mol. The summed E-state index contributed by atoms with van der Waals surface area (Å²) in [6.45, 7) is 3.70.